The molecule has 2 aliphatic rings. The van der Waals surface area contributed by atoms with Gasteiger partial charge in [-0.1, -0.05) is 6.07 Å². The van der Waals surface area contributed by atoms with E-state index in [-0.39, 0.29) is 0 Å². The number of hydrogen-bond donors (Lipinski definition) is 2. The molecule has 1 aromatic heterocycles. The van der Waals surface area contributed by atoms with E-state index in [0.717, 1.165) is 44.3 Å². The van der Waals surface area contributed by atoms with Gasteiger partial charge in [-0.3, -0.25) is 0 Å². The minimum absolute atomic E-state index is 0.326. The highest BCUT2D eigenvalue weighted by atomic mass is 16.3. The average Bonchev–Trinajstić information content (AvgIpc) is 3.30. The summed E-state index contributed by atoms with van der Waals surface area (Å²) in [5.74, 6) is 1.61. The van der Waals surface area contributed by atoms with Crippen molar-refractivity contribution in [1.82, 2.24) is 10.3 Å². The third kappa shape index (κ3) is 3.25. The number of nitrogens with one attached hydrogen (secondary N) is 1. The summed E-state index contributed by atoms with van der Waals surface area (Å²) in [6.45, 7) is 3.28. The molecular formula is C15H23N3O. The van der Waals surface area contributed by atoms with Crippen LogP contribution in [0.3, 0.4) is 0 Å². The summed E-state index contributed by atoms with van der Waals surface area (Å²) in [4.78, 5) is 6.95. The van der Waals surface area contributed by atoms with Crippen molar-refractivity contribution in [3.8, 4) is 0 Å². The number of hydrogen-bond acceptors (Lipinski definition) is 4. The molecule has 0 bridgehead atoms. The van der Waals surface area contributed by atoms with E-state index in [1.165, 1.54) is 18.4 Å². The van der Waals surface area contributed by atoms with Crippen LogP contribution in [0.2, 0.25) is 0 Å². The Kier molecular flexibility index (Phi) is 3.99. The van der Waals surface area contributed by atoms with Crippen molar-refractivity contribution in [2.45, 2.75) is 38.3 Å². The molecule has 104 valence electrons. The van der Waals surface area contributed by atoms with Crippen LogP contribution in [0.5, 0.6) is 0 Å². The molecule has 2 heterocycles. The smallest absolute Gasteiger partial charge is 0.133 e. The molecule has 4 nitrogen and oxygen atoms in total. The van der Waals surface area contributed by atoms with Gasteiger partial charge < -0.3 is 15.3 Å². The molecule has 0 radical (unpaired) electrons. The number of piperidine rings is 1. The normalized spacial score (nSPS) is 20.8. The molecule has 1 saturated carbocycles. The second-order valence-corrected chi connectivity index (χ2v) is 5.75. The Morgan fingerprint density at radius 1 is 1.26 bits per heavy atom. The van der Waals surface area contributed by atoms with Crippen molar-refractivity contribution < 1.29 is 5.11 Å². The summed E-state index contributed by atoms with van der Waals surface area (Å²) < 4.78 is 0. The Morgan fingerprint density at radius 3 is 2.74 bits per heavy atom. The van der Waals surface area contributed by atoms with Gasteiger partial charge in [0.15, 0.2) is 0 Å². The van der Waals surface area contributed by atoms with Crippen LogP contribution in [0.25, 0.3) is 0 Å². The number of nitrogens with zero attached hydrogens (tertiary/aromatic N) is 2. The maximum atomic E-state index is 9.21. The summed E-state index contributed by atoms with van der Waals surface area (Å²) in [7, 11) is 0. The van der Waals surface area contributed by atoms with E-state index in [1.807, 2.05) is 12.3 Å². The van der Waals surface area contributed by atoms with Gasteiger partial charge in [0.25, 0.3) is 0 Å². The highest BCUT2D eigenvalue weighted by Crippen LogP contribution is 2.25. The molecule has 2 fully saturated rings. The second-order valence-electron chi connectivity index (χ2n) is 5.75. The lowest BCUT2D eigenvalue weighted by molar-refractivity contribution is 0.202. The van der Waals surface area contributed by atoms with Crippen LogP contribution in [0.15, 0.2) is 18.3 Å². The number of aliphatic hydroxyl groups is 1. The maximum Gasteiger partial charge on any atom is 0.133 e. The predicted molar refractivity (Wildman–Crippen MR) is 76.1 cm³/mol. The van der Waals surface area contributed by atoms with Gasteiger partial charge in [-0.2, -0.15) is 0 Å². The number of rotatable bonds is 5. The highest BCUT2D eigenvalue weighted by Gasteiger charge is 2.23. The lowest BCUT2D eigenvalue weighted by Crippen LogP contribution is -2.36. The Bertz CT molecular complexity index is 412. The van der Waals surface area contributed by atoms with Crippen LogP contribution in [0.4, 0.5) is 5.82 Å². The second kappa shape index (κ2) is 5.88. The number of anilines is 1. The Balaban J connectivity index is 1.65. The molecule has 0 unspecified atom stereocenters. The first-order valence-corrected chi connectivity index (χ1v) is 7.40. The standard InChI is InChI=1S/C15H23N3O/c19-11-12-5-8-18(9-6-12)15-13(2-1-7-16-15)10-17-14-3-4-14/h1-2,7,12,14,17,19H,3-6,8-11H2. The zero-order chi connectivity index (χ0) is 13.1. The van der Waals surface area contributed by atoms with Crippen LogP contribution in [-0.2, 0) is 6.54 Å². The molecule has 0 spiro atoms. The van der Waals surface area contributed by atoms with Crippen molar-refractivity contribution in [1.29, 1.82) is 0 Å². The Hall–Kier alpha value is -1.13. The molecule has 0 aromatic carbocycles. The van der Waals surface area contributed by atoms with Gasteiger partial charge in [0.2, 0.25) is 0 Å². The topological polar surface area (TPSA) is 48.4 Å². The Morgan fingerprint density at radius 2 is 2.05 bits per heavy atom. The first-order chi connectivity index (χ1) is 9.36. The average molecular weight is 261 g/mol. The molecule has 0 amide bonds. The highest BCUT2D eigenvalue weighted by molar-refractivity contribution is 5.47. The van der Waals surface area contributed by atoms with E-state index < -0.39 is 0 Å². The molecule has 3 rings (SSSR count). The summed E-state index contributed by atoms with van der Waals surface area (Å²) in [6, 6.07) is 4.93. The molecule has 1 saturated heterocycles. The van der Waals surface area contributed by atoms with E-state index >= 15 is 0 Å². The molecule has 2 N–H and O–H groups in total. The number of pyridine rings is 1. The lowest BCUT2D eigenvalue weighted by Gasteiger charge is -2.33. The quantitative estimate of drug-likeness (QED) is 0.844. The molecule has 4 heteroatoms. The fourth-order valence-electron chi connectivity index (χ4n) is 2.72. The first kappa shape index (κ1) is 12.9. The minimum atomic E-state index is 0.326. The van der Waals surface area contributed by atoms with Crippen LogP contribution >= 0.6 is 0 Å². The van der Waals surface area contributed by atoms with Gasteiger partial charge in [-0.15, -0.1) is 0 Å². The fraction of sp³-hybridized carbons (Fsp3) is 0.667. The first-order valence-electron chi connectivity index (χ1n) is 7.40. The van der Waals surface area contributed by atoms with E-state index in [4.69, 9.17) is 0 Å². The molecular weight excluding hydrogens is 238 g/mol. The molecule has 0 atom stereocenters. The van der Waals surface area contributed by atoms with Gasteiger partial charge in [-0.05, 0) is 37.7 Å². The molecule has 1 aromatic rings. The van der Waals surface area contributed by atoms with Crippen molar-refractivity contribution >= 4 is 5.82 Å². The van der Waals surface area contributed by atoms with E-state index in [1.54, 1.807) is 0 Å². The van der Waals surface area contributed by atoms with Crippen LogP contribution in [0, 0.1) is 5.92 Å². The summed E-state index contributed by atoms with van der Waals surface area (Å²) in [5.41, 5.74) is 1.30. The largest absolute Gasteiger partial charge is 0.396 e. The third-order valence-electron chi connectivity index (χ3n) is 4.20. The monoisotopic (exact) mass is 261 g/mol. The van der Waals surface area contributed by atoms with E-state index in [9.17, 15) is 5.11 Å². The molecule has 19 heavy (non-hydrogen) atoms. The molecule has 1 aliphatic heterocycles. The zero-order valence-electron chi connectivity index (χ0n) is 11.4. The predicted octanol–water partition coefficient (Wildman–Crippen LogP) is 1.54. The van der Waals surface area contributed by atoms with Crippen molar-refractivity contribution in [3.63, 3.8) is 0 Å². The van der Waals surface area contributed by atoms with Gasteiger partial charge in [0, 0.05) is 44.0 Å². The zero-order valence-corrected chi connectivity index (χ0v) is 11.4. The SMILES string of the molecule is OCC1CCN(c2ncccc2CNC2CC2)CC1. The van der Waals surface area contributed by atoms with Gasteiger partial charge >= 0.3 is 0 Å². The Labute approximate surface area is 114 Å². The van der Waals surface area contributed by atoms with Crippen LogP contribution in [-0.4, -0.2) is 35.8 Å². The van der Waals surface area contributed by atoms with Crippen LogP contribution in [0.1, 0.15) is 31.2 Å². The van der Waals surface area contributed by atoms with Gasteiger partial charge in [0.05, 0.1) is 0 Å². The minimum Gasteiger partial charge on any atom is -0.396 e. The van der Waals surface area contributed by atoms with Crippen LogP contribution < -0.4 is 10.2 Å². The summed E-state index contributed by atoms with van der Waals surface area (Å²) in [5, 5.41) is 12.8. The fourth-order valence-corrected chi connectivity index (χ4v) is 2.72. The third-order valence-corrected chi connectivity index (χ3v) is 4.20. The van der Waals surface area contributed by atoms with Gasteiger partial charge in [-0.25, -0.2) is 4.98 Å². The lowest BCUT2D eigenvalue weighted by atomic mass is 9.97. The maximum absolute atomic E-state index is 9.21. The van der Waals surface area contributed by atoms with Crippen molar-refractivity contribution in [2.24, 2.45) is 5.92 Å². The number of aromatic nitrogens is 1. The summed E-state index contributed by atoms with van der Waals surface area (Å²) in [6.07, 6.45) is 6.66. The number of aliphatic hydroxyl groups excluding tert-OH is 1. The summed E-state index contributed by atoms with van der Waals surface area (Å²) >= 11 is 0. The van der Waals surface area contributed by atoms with E-state index in [0.29, 0.717) is 12.5 Å². The van der Waals surface area contributed by atoms with Crippen molar-refractivity contribution in [2.75, 3.05) is 24.6 Å². The molecule has 1 aliphatic carbocycles. The van der Waals surface area contributed by atoms with E-state index in [2.05, 4.69) is 21.3 Å². The van der Waals surface area contributed by atoms with Gasteiger partial charge in [0.1, 0.15) is 5.82 Å². The van der Waals surface area contributed by atoms with Crippen molar-refractivity contribution in [3.05, 3.63) is 23.9 Å².